The maximum absolute atomic E-state index is 11.8. The van der Waals surface area contributed by atoms with Crippen molar-refractivity contribution in [3.8, 4) is 11.5 Å². The molecule has 9 heteroatoms. The Kier molecular flexibility index (Phi) is 5.02. The molecule has 0 radical (unpaired) electrons. The van der Waals surface area contributed by atoms with E-state index in [1.165, 1.54) is 18.9 Å². The molecule has 1 atom stereocenters. The predicted molar refractivity (Wildman–Crippen MR) is 79.5 cm³/mol. The number of aliphatic carboxylic acids is 1. The molecule has 0 fully saturated rings. The molecular formula is C14H17N3O6. The van der Waals surface area contributed by atoms with Crippen LogP contribution in [0.3, 0.4) is 0 Å². The highest BCUT2D eigenvalue weighted by molar-refractivity contribution is 6.02. The number of nitrogens with one attached hydrogen (secondary N) is 2. The van der Waals surface area contributed by atoms with E-state index in [-0.39, 0.29) is 13.3 Å². The molecule has 1 unspecified atom stereocenters. The highest BCUT2D eigenvalue weighted by Gasteiger charge is 2.20. The van der Waals surface area contributed by atoms with Gasteiger partial charge in [0.1, 0.15) is 6.04 Å². The minimum absolute atomic E-state index is 0.123. The van der Waals surface area contributed by atoms with Gasteiger partial charge in [-0.05, 0) is 26.1 Å². The average Bonchev–Trinajstić information content (AvgIpc) is 2.93. The molecule has 2 rings (SSSR count). The van der Waals surface area contributed by atoms with Crippen molar-refractivity contribution in [3.63, 3.8) is 0 Å². The number of hydrogen-bond donors (Lipinski definition) is 3. The Morgan fingerprint density at radius 1 is 1.30 bits per heavy atom. The third kappa shape index (κ3) is 4.33. The molecule has 0 aliphatic carbocycles. The summed E-state index contributed by atoms with van der Waals surface area (Å²) in [7, 11) is 1.48. The first kappa shape index (κ1) is 16.6. The second-order valence-corrected chi connectivity index (χ2v) is 5.00. The lowest BCUT2D eigenvalue weighted by Gasteiger charge is -2.20. The number of urea groups is 1. The number of ether oxygens (including phenoxy) is 2. The van der Waals surface area contributed by atoms with Crippen LogP contribution in [0.2, 0.25) is 0 Å². The number of amides is 3. The number of carboxylic acids is 1. The molecule has 1 aromatic carbocycles. The maximum Gasteiger partial charge on any atom is 0.325 e. The van der Waals surface area contributed by atoms with Crippen LogP contribution in [-0.4, -0.2) is 54.3 Å². The number of carboxylic acid groups (broad SMARTS) is 1. The number of carbonyl (C=O) groups is 3. The third-order valence-corrected chi connectivity index (χ3v) is 3.29. The van der Waals surface area contributed by atoms with Gasteiger partial charge in [0.2, 0.25) is 12.7 Å². The van der Waals surface area contributed by atoms with Crippen LogP contribution in [0.4, 0.5) is 10.5 Å². The number of rotatable bonds is 5. The Labute approximate surface area is 132 Å². The SMILES string of the molecule is CC(C(=O)O)N(C)CC(=O)NC(=O)Nc1ccc2c(c1)OCO2. The predicted octanol–water partition coefficient (Wildman–Crippen LogP) is 0.468. The Balaban J connectivity index is 1.84. The van der Waals surface area contributed by atoms with E-state index in [2.05, 4.69) is 10.6 Å². The summed E-state index contributed by atoms with van der Waals surface area (Å²) in [5.41, 5.74) is 0.437. The van der Waals surface area contributed by atoms with Crippen molar-refractivity contribution in [2.24, 2.45) is 0 Å². The number of carbonyl (C=O) groups excluding carboxylic acids is 2. The van der Waals surface area contributed by atoms with Gasteiger partial charge in [-0.3, -0.25) is 19.8 Å². The number of anilines is 1. The van der Waals surface area contributed by atoms with Gasteiger partial charge in [-0.1, -0.05) is 0 Å². The molecule has 0 spiro atoms. The smallest absolute Gasteiger partial charge is 0.325 e. The zero-order chi connectivity index (χ0) is 17.0. The van der Waals surface area contributed by atoms with Crippen LogP contribution in [0.15, 0.2) is 18.2 Å². The van der Waals surface area contributed by atoms with Crippen LogP contribution >= 0.6 is 0 Å². The molecule has 0 bridgehead atoms. The molecule has 0 saturated heterocycles. The summed E-state index contributed by atoms with van der Waals surface area (Å²) >= 11 is 0. The third-order valence-electron chi connectivity index (χ3n) is 3.29. The summed E-state index contributed by atoms with van der Waals surface area (Å²) in [6, 6.07) is 3.27. The van der Waals surface area contributed by atoms with E-state index in [0.29, 0.717) is 17.2 Å². The summed E-state index contributed by atoms with van der Waals surface area (Å²) in [5, 5.41) is 13.5. The van der Waals surface area contributed by atoms with Crippen LogP contribution in [-0.2, 0) is 9.59 Å². The molecule has 23 heavy (non-hydrogen) atoms. The molecule has 1 aliphatic rings. The van der Waals surface area contributed by atoms with Gasteiger partial charge in [0.05, 0.1) is 6.54 Å². The summed E-state index contributed by atoms with van der Waals surface area (Å²) in [6.45, 7) is 1.35. The summed E-state index contributed by atoms with van der Waals surface area (Å²) in [4.78, 5) is 35.6. The molecular weight excluding hydrogens is 306 g/mol. The van der Waals surface area contributed by atoms with Gasteiger partial charge in [0.15, 0.2) is 11.5 Å². The lowest BCUT2D eigenvalue weighted by molar-refractivity contribution is -0.142. The Bertz CT molecular complexity index is 633. The Morgan fingerprint density at radius 2 is 2.00 bits per heavy atom. The van der Waals surface area contributed by atoms with E-state index < -0.39 is 23.9 Å². The number of imide groups is 1. The van der Waals surface area contributed by atoms with Gasteiger partial charge < -0.3 is 19.9 Å². The van der Waals surface area contributed by atoms with Crippen molar-refractivity contribution in [2.45, 2.75) is 13.0 Å². The normalized spacial score (nSPS) is 13.5. The lowest BCUT2D eigenvalue weighted by atomic mass is 10.3. The highest BCUT2D eigenvalue weighted by atomic mass is 16.7. The molecule has 1 aromatic rings. The zero-order valence-corrected chi connectivity index (χ0v) is 12.7. The molecule has 1 aliphatic heterocycles. The quantitative estimate of drug-likeness (QED) is 0.721. The van der Waals surface area contributed by atoms with E-state index in [1.807, 2.05) is 0 Å². The monoisotopic (exact) mass is 323 g/mol. The summed E-state index contributed by atoms with van der Waals surface area (Å²) in [6.07, 6.45) is 0. The molecule has 124 valence electrons. The minimum atomic E-state index is -1.05. The van der Waals surface area contributed by atoms with E-state index in [0.717, 1.165) is 0 Å². The molecule has 3 amide bonds. The van der Waals surface area contributed by atoms with E-state index in [9.17, 15) is 14.4 Å². The van der Waals surface area contributed by atoms with Crippen molar-refractivity contribution in [1.29, 1.82) is 0 Å². The Hall–Kier alpha value is -2.81. The maximum atomic E-state index is 11.8. The van der Waals surface area contributed by atoms with Crippen molar-refractivity contribution in [2.75, 3.05) is 25.7 Å². The van der Waals surface area contributed by atoms with Gasteiger partial charge in [0.25, 0.3) is 0 Å². The molecule has 3 N–H and O–H groups in total. The average molecular weight is 323 g/mol. The van der Waals surface area contributed by atoms with Crippen molar-refractivity contribution in [1.82, 2.24) is 10.2 Å². The summed E-state index contributed by atoms with van der Waals surface area (Å²) in [5.74, 6) is -0.579. The van der Waals surface area contributed by atoms with Crippen LogP contribution in [0, 0.1) is 0 Å². The van der Waals surface area contributed by atoms with Crippen LogP contribution in [0.1, 0.15) is 6.92 Å². The first-order valence-electron chi connectivity index (χ1n) is 6.80. The zero-order valence-electron chi connectivity index (χ0n) is 12.7. The molecule has 9 nitrogen and oxygen atoms in total. The first-order valence-corrected chi connectivity index (χ1v) is 6.80. The Morgan fingerprint density at radius 3 is 2.70 bits per heavy atom. The summed E-state index contributed by atoms with van der Waals surface area (Å²) < 4.78 is 10.3. The lowest BCUT2D eigenvalue weighted by Crippen LogP contribution is -2.45. The van der Waals surface area contributed by atoms with Crippen LogP contribution in [0.25, 0.3) is 0 Å². The van der Waals surface area contributed by atoms with E-state index >= 15 is 0 Å². The van der Waals surface area contributed by atoms with Gasteiger partial charge >= 0.3 is 12.0 Å². The highest BCUT2D eigenvalue weighted by Crippen LogP contribution is 2.34. The topological polar surface area (TPSA) is 117 Å². The van der Waals surface area contributed by atoms with Gasteiger partial charge in [0, 0.05) is 11.8 Å². The minimum Gasteiger partial charge on any atom is -0.480 e. The van der Waals surface area contributed by atoms with E-state index in [1.54, 1.807) is 18.2 Å². The van der Waals surface area contributed by atoms with E-state index in [4.69, 9.17) is 14.6 Å². The van der Waals surface area contributed by atoms with Gasteiger partial charge in [-0.25, -0.2) is 4.79 Å². The number of nitrogens with zero attached hydrogens (tertiary/aromatic N) is 1. The van der Waals surface area contributed by atoms with Gasteiger partial charge in [-0.15, -0.1) is 0 Å². The number of benzene rings is 1. The van der Waals surface area contributed by atoms with Gasteiger partial charge in [-0.2, -0.15) is 0 Å². The van der Waals surface area contributed by atoms with Crippen molar-refractivity contribution in [3.05, 3.63) is 18.2 Å². The standard InChI is InChI=1S/C14H17N3O6/c1-8(13(19)20)17(2)6-12(18)16-14(21)15-9-3-4-10-11(5-9)23-7-22-10/h3-5,8H,6-7H2,1-2H3,(H,19,20)(H2,15,16,18,21). The number of hydrogen-bond acceptors (Lipinski definition) is 6. The second-order valence-electron chi connectivity index (χ2n) is 5.00. The number of fused-ring (bicyclic) bond motifs is 1. The van der Waals surface area contributed by atoms with Crippen molar-refractivity contribution >= 4 is 23.6 Å². The fourth-order valence-electron chi connectivity index (χ4n) is 1.85. The fourth-order valence-corrected chi connectivity index (χ4v) is 1.85. The van der Waals surface area contributed by atoms with Crippen LogP contribution < -0.4 is 20.1 Å². The molecule has 1 heterocycles. The largest absolute Gasteiger partial charge is 0.480 e. The van der Waals surface area contributed by atoms with Crippen LogP contribution in [0.5, 0.6) is 11.5 Å². The molecule has 0 saturated carbocycles. The second kappa shape index (κ2) is 6.97. The van der Waals surface area contributed by atoms with Crippen molar-refractivity contribution < 1.29 is 29.0 Å². The molecule has 0 aromatic heterocycles. The fraction of sp³-hybridized carbons (Fsp3) is 0.357. The first-order chi connectivity index (χ1) is 10.9. The number of likely N-dealkylation sites (N-methyl/N-ethyl adjacent to an activating group) is 1.